The Morgan fingerprint density at radius 3 is 2.85 bits per heavy atom. The topological polar surface area (TPSA) is 167 Å². The van der Waals surface area contributed by atoms with Gasteiger partial charge in [-0.05, 0) is 17.7 Å². The third kappa shape index (κ3) is 2.44. The number of guanidine groups is 1. The van der Waals surface area contributed by atoms with Gasteiger partial charge >= 0.3 is 0 Å². The third-order valence-electron chi connectivity index (χ3n) is 4.42. The maximum absolute atomic E-state index is 9.37. The number of hydrogen-bond acceptors (Lipinski definition) is 9. The average Bonchev–Trinajstić information content (AvgIpc) is 3.02. The normalized spacial score (nSPS) is 15.2. The van der Waals surface area contributed by atoms with Crippen molar-refractivity contribution < 1.29 is 0 Å². The van der Waals surface area contributed by atoms with E-state index in [1.165, 1.54) is 0 Å². The Balaban J connectivity index is 1.97. The first-order valence-electron chi connectivity index (χ1n) is 7.93. The number of aromatic nitrogens is 3. The predicted octanol–water partition coefficient (Wildman–Crippen LogP) is 0.946. The summed E-state index contributed by atoms with van der Waals surface area (Å²) in [5.74, 6) is 0.586. The number of rotatable bonds is 1. The molecule has 0 radical (unpaired) electrons. The lowest BCUT2D eigenvalue weighted by molar-refractivity contribution is 0.846. The first-order valence-corrected chi connectivity index (χ1v) is 7.93. The molecule has 0 fully saturated rings. The summed E-state index contributed by atoms with van der Waals surface area (Å²) in [7, 11) is 1.89. The van der Waals surface area contributed by atoms with Crippen molar-refractivity contribution in [2.45, 2.75) is 6.04 Å². The van der Waals surface area contributed by atoms with E-state index in [1.807, 2.05) is 42.1 Å². The van der Waals surface area contributed by atoms with Gasteiger partial charge in [-0.15, -0.1) is 0 Å². The number of nitrogens with two attached hydrogens (primary N) is 2. The highest BCUT2D eigenvalue weighted by atomic mass is 15.2. The van der Waals surface area contributed by atoms with Crippen molar-refractivity contribution >= 4 is 34.3 Å². The van der Waals surface area contributed by atoms with Crippen LogP contribution in [0.5, 0.6) is 0 Å². The van der Waals surface area contributed by atoms with Crippen LogP contribution in [-0.2, 0) is 7.05 Å². The fourth-order valence-corrected chi connectivity index (χ4v) is 3.14. The molecule has 6 N–H and O–H groups in total. The zero-order valence-electron chi connectivity index (χ0n) is 14.2. The molecule has 10 nitrogen and oxygen atoms in total. The molecule has 0 saturated carbocycles. The Morgan fingerprint density at radius 2 is 2.11 bits per heavy atom. The van der Waals surface area contributed by atoms with E-state index in [9.17, 15) is 5.26 Å². The second-order valence-electron chi connectivity index (χ2n) is 6.01. The van der Waals surface area contributed by atoms with Gasteiger partial charge in [-0.2, -0.15) is 10.5 Å². The van der Waals surface area contributed by atoms with Crippen LogP contribution in [-0.4, -0.2) is 20.5 Å². The fraction of sp³-hybridized carbons (Fsp3) is 0.118. The number of nitrogens with zero attached hydrogens (tertiary/aromatic N) is 6. The van der Waals surface area contributed by atoms with Gasteiger partial charge in [0.05, 0.1) is 23.0 Å². The van der Waals surface area contributed by atoms with Crippen molar-refractivity contribution in [2.24, 2.45) is 12.0 Å². The van der Waals surface area contributed by atoms with Crippen molar-refractivity contribution in [2.75, 3.05) is 16.8 Å². The van der Waals surface area contributed by atoms with E-state index in [1.54, 1.807) is 6.33 Å². The highest BCUT2D eigenvalue weighted by Crippen LogP contribution is 2.40. The largest absolute Gasteiger partial charge is 0.397 e. The second kappa shape index (κ2) is 5.89. The van der Waals surface area contributed by atoms with E-state index in [-0.39, 0.29) is 23.0 Å². The van der Waals surface area contributed by atoms with Crippen LogP contribution < -0.4 is 22.1 Å². The number of hydrogen-bond donors (Lipinski definition) is 4. The van der Waals surface area contributed by atoms with Crippen LogP contribution in [0.15, 0.2) is 29.5 Å². The Labute approximate surface area is 153 Å². The van der Waals surface area contributed by atoms with Crippen LogP contribution in [0.1, 0.15) is 22.7 Å². The summed E-state index contributed by atoms with van der Waals surface area (Å²) in [5, 5.41) is 23.7. The van der Waals surface area contributed by atoms with Crippen LogP contribution in [0, 0.1) is 22.8 Å². The lowest BCUT2D eigenvalue weighted by atomic mass is 9.95. The standard InChI is InChI=1S/C17H14N10/c1-27-7-23-10-3-2-8(4-11(10)27)14-12-13(20)9(5-18)15(21)25-16(12)26-17(24-14)22-6-19/h2-4,7,14H,1H3,(H6,20,21,22,24,25,26). The molecule has 1 aliphatic rings. The van der Waals surface area contributed by atoms with Gasteiger partial charge in [0.15, 0.2) is 6.19 Å². The van der Waals surface area contributed by atoms with Crippen LogP contribution in [0.3, 0.4) is 0 Å². The van der Waals surface area contributed by atoms with Crippen LogP contribution in [0.2, 0.25) is 0 Å². The minimum Gasteiger partial charge on any atom is -0.397 e. The van der Waals surface area contributed by atoms with Gasteiger partial charge in [-0.1, -0.05) is 6.07 Å². The van der Waals surface area contributed by atoms with Gasteiger partial charge in [-0.3, -0.25) is 5.32 Å². The molecule has 3 aromatic rings. The lowest BCUT2D eigenvalue weighted by Gasteiger charge is -2.26. The van der Waals surface area contributed by atoms with E-state index in [4.69, 9.17) is 16.7 Å². The monoisotopic (exact) mass is 358 g/mol. The number of imidazole rings is 1. The highest BCUT2D eigenvalue weighted by Gasteiger charge is 2.29. The number of aryl methyl sites for hydroxylation is 1. The molecule has 132 valence electrons. The molecule has 0 bridgehead atoms. The maximum Gasteiger partial charge on any atom is 0.211 e. The molecule has 4 rings (SSSR count). The SMILES string of the molecule is Cn1cnc2ccc(C3N=C(NC#N)Nc4nc(N)c(C#N)c(N)c43)cc21. The summed E-state index contributed by atoms with van der Waals surface area (Å²) in [6, 6.07) is 7.11. The lowest BCUT2D eigenvalue weighted by Crippen LogP contribution is -2.32. The predicted molar refractivity (Wildman–Crippen MR) is 100 cm³/mol. The average molecular weight is 358 g/mol. The van der Waals surface area contributed by atoms with Crippen molar-refractivity contribution in [3.63, 3.8) is 0 Å². The minimum absolute atomic E-state index is 0.0142. The van der Waals surface area contributed by atoms with Gasteiger partial charge in [-0.25, -0.2) is 15.0 Å². The molecule has 1 aromatic carbocycles. The molecule has 1 atom stereocenters. The molecule has 1 unspecified atom stereocenters. The molecule has 0 saturated heterocycles. The molecule has 2 aromatic heterocycles. The van der Waals surface area contributed by atoms with Gasteiger partial charge in [0.25, 0.3) is 0 Å². The van der Waals surface area contributed by atoms with Gasteiger partial charge in [0.1, 0.15) is 29.3 Å². The molecule has 10 heteroatoms. The van der Waals surface area contributed by atoms with E-state index in [0.29, 0.717) is 11.4 Å². The van der Waals surface area contributed by atoms with E-state index in [0.717, 1.165) is 16.6 Å². The number of nitrogens with one attached hydrogen (secondary N) is 2. The Bertz CT molecular complexity index is 1190. The van der Waals surface area contributed by atoms with Gasteiger partial charge in [0, 0.05) is 12.6 Å². The Kier molecular flexibility index (Phi) is 3.53. The number of fused-ring (bicyclic) bond motifs is 2. The van der Waals surface area contributed by atoms with Crippen LogP contribution in [0.25, 0.3) is 11.0 Å². The number of nitrogen functional groups attached to an aromatic ring is 2. The molecule has 1 aliphatic heterocycles. The zero-order chi connectivity index (χ0) is 19.1. The minimum atomic E-state index is -0.573. The number of nitriles is 2. The maximum atomic E-state index is 9.37. The van der Waals surface area contributed by atoms with Crippen molar-refractivity contribution in [1.82, 2.24) is 19.9 Å². The van der Waals surface area contributed by atoms with Gasteiger partial charge in [0.2, 0.25) is 5.96 Å². The highest BCUT2D eigenvalue weighted by molar-refractivity contribution is 5.98. The number of pyridine rings is 1. The third-order valence-corrected chi connectivity index (χ3v) is 4.42. The molecule has 0 aliphatic carbocycles. The Morgan fingerprint density at radius 1 is 1.30 bits per heavy atom. The first kappa shape index (κ1) is 16.2. The summed E-state index contributed by atoms with van der Waals surface area (Å²) in [4.78, 5) is 13.1. The summed E-state index contributed by atoms with van der Waals surface area (Å²) < 4.78 is 1.89. The van der Waals surface area contributed by atoms with Crippen LogP contribution >= 0.6 is 0 Å². The van der Waals surface area contributed by atoms with E-state index < -0.39 is 6.04 Å². The number of anilines is 3. The number of benzene rings is 1. The van der Waals surface area contributed by atoms with Crippen LogP contribution in [0.4, 0.5) is 17.3 Å². The molecule has 3 heterocycles. The fourth-order valence-electron chi connectivity index (χ4n) is 3.14. The molecular weight excluding hydrogens is 344 g/mol. The molecule has 27 heavy (non-hydrogen) atoms. The molecule has 0 spiro atoms. The second-order valence-corrected chi connectivity index (χ2v) is 6.01. The summed E-state index contributed by atoms with van der Waals surface area (Å²) >= 11 is 0. The Hall–Kier alpha value is -4.31. The van der Waals surface area contributed by atoms with Gasteiger partial charge < -0.3 is 21.4 Å². The summed E-state index contributed by atoms with van der Waals surface area (Å²) in [6.07, 6.45) is 3.55. The quantitative estimate of drug-likeness (QED) is 0.368. The summed E-state index contributed by atoms with van der Waals surface area (Å²) in [5.41, 5.74) is 15.5. The van der Waals surface area contributed by atoms with Crippen molar-refractivity contribution in [3.05, 3.63) is 41.2 Å². The van der Waals surface area contributed by atoms with Crippen molar-refractivity contribution in [1.29, 1.82) is 10.5 Å². The molecular formula is C17H14N10. The molecule has 0 amide bonds. The van der Waals surface area contributed by atoms with E-state index >= 15 is 0 Å². The first-order chi connectivity index (χ1) is 13.0. The smallest absolute Gasteiger partial charge is 0.211 e. The number of aliphatic imine (C=N–C) groups is 1. The van der Waals surface area contributed by atoms with Crippen molar-refractivity contribution in [3.8, 4) is 12.3 Å². The van der Waals surface area contributed by atoms with E-state index in [2.05, 4.69) is 25.6 Å². The summed E-state index contributed by atoms with van der Waals surface area (Å²) in [6.45, 7) is 0. The zero-order valence-corrected chi connectivity index (χ0v) is 14.2.